The van der Waals surface area contributed by atoms with Gasteiger partial charge in [-0.3, -0.25) is 19.2 Å². The van der Waals surface area contributed by atoms with E-state index in [4.69, 9.17) is 33.2 Å². The van der Waals surface area contributed by atoms with Crippen molar-refractivity contribution in [2.75, 3.05) is 19.8 Å². The molecule has 0 aliphatic carbocycles. The van der Waals surface area contributed by atoms with Gasteiger partial charge in [0.25, 0.3) is 0 Å². The highest BCUT2D eigenvalue weighted by Gasteiger charge is 2.63. The average molecular weight is 1180 g/mol. The molecule has 0 radical (unpaired) electrons. The predicted octanol–water partition coefficient (Wildman–Crippen LogP) is 15.6. The molecule has 4 N–H and O–H groups in total. The highest BCUT2D eigenvalue weighted by Crippen LogP contribution is 2.41. The largest absolute Gasteiger partial charge is 0.455 e. The number of ether oxygens (including phenoxy) is 7. The summed E-state index contributed by atoms with van der Waals surface area (Å²) in [5, 5.41) is 44.6. The van der Waals surface area contributed by atoms with Crippen LogP contribution in [0.4, 0.5) is 0 Å². The van der Waals surface area contributed by atoms with Crippen LogP contribution in [0.15, 0.2) is 0 Å². The van der Waals surface area contributed by atoms with E-state index in [2.05, 4.69) is 27.7 Å². The maximum Gasteiger partial charge on any atom is 0.306 e. The molecule has 0 aromatic heterocycles. The molecule has 0 bridgehead atoms. The molecule has 0 unspecified atom stereocenters. The minimum Gasteiger partial charge on any atom is -0.455 e. The lowest BCUT2D eigenvalue weighted by atomic mass is 9.97. The Labute approximate surface area is 505 Å². The van der Waals surface area contributed by atoms with Gasteiger partial charge in [-0.15, -0.1) is 0 Å². The molecular formula is C68H126O15. The van der Waals surface area contributed by atoms with Gasteiger partial charge in [0.1, 0.15) is 24.9 Å². The summed E-state index contributed by atoms with van der Waals surface area (Å²) in [6.45, 7) is 6.34. The maximum atomic E-state index is 13.9. The zero-order valence-corrected chi connectivity index (χ0v) is 53.5. The van der Waals surface area contributed by atoms with Crippen LogP contribution in [0.1, 0.15) is 336 Å². The van der Waals surface area contributed by atoms with Gasteiger partial charge in [0.2, 0.25) is 12.1 Å². The zero-order chi connectivity index (χ0) is 60.4. The van der Waals surface area contributed by atoms with Gasteiger partial charge in [0.15, 0.2) is 24.4 Å². The number of aliphatic hydroxyl groups is 4. The van der Waals surface area contributed by atoms with Crippen molar-refractivity contribution in [3.8, 4) is 0 Å². The highest BCUT2D eigenvalue weighted by atomic mass is 16.8. The first-order valence-corrected chi connectivity index (χ1v) is 34.8. The van der Waals surface area contributed by atoms with Gasteiger partial charge in [-0.1, -0.05) is 285 Å². The second kappa shape index (κ2) is 51.6. The van der Waals surface area contributed by atoms with Crippen LogP contribution in [0, 0.1) is 0 Å². The molecule has 0 saturated carbocycles. The molecule has 2 heterocycles. The molecule has 83 heavy (non-hydrogen) atoms. The molecule has 15 nitrogen and oxygen atoms in total. The number of hydrogen-bond donors (Lipinski definition) is 4. The number of esters is 4. The van der Waals surface area contributed by atoms with Gasteiger partial charge < -0.3 is 53.6 Å². The first kappa shape index (κ1) is 76.7. The summed E-state index contributed by atoms with van der Waals surface area (Å²) >= 11 is 0. The normalized spacial score (nSPS) is 22.5. The van der Waals surface area contributed by atoms with E-state index in [1.807, 2.05) is 0 Å². The molecule has 2 fully saturated rings. The molecule has 0 aromatic rings. The molecule has 0 aromatic carbocycles. The summed E-state index contributed by atoms with van der Waals surface area (Å²) in [7, 11) is 0. The summed E-state index contributed by atoms with van der Waals surface area (Å²) in [6, 6.07) is 0. The molecule has 488 valence electrons. The van der Waals surface area contributed by atoms with Crippen molar-refractivity contribution >= 4 is 23.9 Å². The number of carbonyl (C=O) groups excluding carboxylic acids is 4. The Morgan fingerprint density at radius 3 is 0.904 bits per heavy atom. The van der Waals surface area contributed by atoms with Crippen molar-refractivity contribution < 1.29 is 72.8 Å². The Morgan fingerprint density at radius 2 is 0.614 bits per heavy atom. The number of rotatable bonds is 57. The van der Waals surface area contributed by atoms with Crippen LogP contribution in [-0.4, -0.2) is 119 Å². The van der Waals surface area contributed by atoms with Crippen LogP contribution < -0.4 is 0 Å². The van der Waals surface area contributed by atoms with Crippen molar-refractivity contribution in [3.63, 3.8) is 0 Å². The second-order valence-electron chi connectivity index (χ2n) is 24.6. The minimum atomic E-state index is -2.40. The summed E-state index contributed by atoms with van der Waals surface area (Å²) in [5.74, 6) is -5.00. The van der Waals surface area contributed by atoms with Gasteiger partial charge in [0, 0.05) is 25.7 Å². The van der Waals surface area contributed by atoms with E-state index in [9.17, 15) is 39.6 Å². The SMILES string of the molecule is CCCCCCCCCCCCCC(=O)O[C@@H]1[C@@H](CO)O[C@@](CO)(O[C@H]2O[C@H](CO)[C@@H](O)[C@H](OC(=O)CCCCCCCCCCCCC)[C@H]2OC(=O)CCCCCCCCCCCCC)[C@H]1OC(=O)CCCCCCCCCCCCC. The van der Waals surface area contributed by atoms with Crippen LogP contribution in [0.3, 0.4) is 0 Å². The third-order valence-corrected chi connectivity index (χ3v) is 17.0. The molecule has 2 aliphatic heterocycles. The van der Waals surface area contributed by atoms with Crippen molar-refractivity contribution in [1.82, 2.24) is 0 Å². The fraction of sp³-hybridized carbons (Fsp3) is 0.941. The number of aliphatic hydroxyl groups excluding tert-OH is 4. The molecule has 15 heteroatoms. The Bertz CT molecular complexity index is 1570. The molecule has 9 atom stereocenters. The van der Waals surface area contributed by atoms with E-state index in [-0.39, 0.29) is 25.7 Å². The number of carbonyl (C=O) groups is 4. The van der Waals surface area contributed by atoms with Crippen molar-refractivity contribution in [2.24, 2.45) is 0 Å². The third kappa shape index (κ3) is 35.3. The smallest absolute Gasteiger partial charge is 0.306 e. The van der Waals surface area contributed by atoms with Crippen LogP contribution in [-0.2, 0) is 52.3 Å². The summed E-state index contributed by atoms with van der Waals surface area (Å²) < 4.78 is 43.2. The van der Waals surface area contributed by atoms with E-state index in [1.54, 1.807) is 0 Å². The van der Waals surface area contributed by atoms with E-state index in [0.29, 0.717) is 25.7 Å². The van der Waals surface area contributed by atoms with Crippen LogP contribution in [0.2, 0.25) is 0 Å². The van der Waals surface area contributed by atoms with E-state index in [0.717, 1.165) is 103 Å². The Balaban J connectivity index is 2.34. The first-order valence-electron chi connectivity index (χ1n) is 34.8. The fourth-order valence-corrected chi connectivity index (χ4v) is 11.7. The van der Waals surface area contributed by atoms with Crippen molar-refractivity contribution in [2.45, 2.75) is 391 Å². The van der Waals surface area contributed by atoms with Gasteiger partial charge in [-0.05, 0) is 25.7 Å². The van der Waals surface area contributed by atoms with Crippen LogP contribution in [0.5, 0.6) is 0 Å². The molecule has 2 aliphatic rings. The molecule has 2 saturated heterocycles. The summed E-state index contributed by atoms with van der Waals surface area (Å²) in [4.78, 5) is 55.2. The fourth-order valence-electron chi connectivity index (χ4n) is 11.7. The second-order valence-corrected chi connectivity index (χ2v) is 24.6. The Kier molecular flexibility index (Phi) is 47.7. The van der Waals surface area contributed by atoms with Gasteiger partial charge >= 0.3 is 23.9 Å². The minimum absolute atomic E-state index is 0.00380. The number of unbranched alkanes of at least 4 members (excludes halogenated alkanes) is 40. The standard InChI is InChI=1S/C68H126O15/c1-5-9-13-17-21-25-29-33-37-41-45-49-58(72)78-63-57(54-70)82-68(55-71,66(63)81-61(75)52-48-44-40-36-32-28-24-20-16-12-8-4)83-67-65(80-60(74)51-47-43-39-35-31-27-23-19-15-11-7-3)64(62(76)56(53-69)77-67)79-59(73)50-46-42-38-34-30-26-22-18-14-10-6-2/h56-57,62-67,69-71,76H,5-55H2,1-4H3/t56-,57-,62-,63-,64+,65-,66+,67-,68+/m1/s1. The molecule has 0 amide bonds. The maximum absolute atomic E-state index is 13.9. The summed E-state index contributed by atoms with van der Waals surface area (Å²) in [5.41, 5.74) is 0. The molecular weight excluding hydrogens is 1060 g/mol. The van der Waals surface area contributed by atoms with E-state index < -0.39 is 98.5 Å². The average Bonchev–Trinajstić information content (AvgIpc) is 2.89. The van der Waals surface area contributed by atoms with Crippen molar-refractivity contribution in [3.05, 3.63) is 0 Å². The Morgan fingerprint density at radius 1 is 0.349 bits per heavy atom. The topological polar surface area (TPSA) is 214 Å². The monoisotopic (exact) mass is 1180 g/mol. The lowest BCUT2D eigenvalue weighted by Gasteiger charge is -2.45. The van der Waals surface area contributed by atoms with Crippen molar-refractivity contribution in [1.29, 1.82) is 0 Å². The lowest BCUT2D eigenvalue weighted by molar-refractivity contribution is -0.384. The third-order valence-electron chi connectivity index (χ3n) is 17.0. The van der Waals surface area contributed by atoms with Gasteiger partial charge in [-0.25, -0.2) is 0 Å². The zero-order valence-electron chi connectivity index (χ0n) is 53.5. The summed E-state index contributed by atoms with van der Waals surface area (Å²) in [6.07, 6.45) is 35.2. The predicted molar refractivity (Wildman–Crippen MR) is 328 cm³/mol. The lowest BCUT2D eigenvalue weighted by Crippen LogP contribution is -2.65. The van der Waals surface area contributed by atoms with Crippen LogP contribution in [0.25, 0.3) is 0 Å². The number of hydrogen-bond acceptors (Lipinski definition) is 15. The Hall–Kier alpha value is -2.40. The van der Waals surface area contributed by atoms with Crippen LogP contribution >= 0.6 is 0 Å². The van der Waals surface area contributed by atoms with Gasteiger partial charge in [-0.2, -0.15) is 0 Å². The molecule has 2 rings (SSSR count). The van der Waals surface area contributed by atoms with Gasteiger partial charge in [0.05, 0.1) is 13.2 Å². The molecule has 0 spiro atoms. The highest BCUT2D eigenvalue weighted by molar-refractivity contribution is 5.71. The first-order chi connectivity index (χ1) is 40.5. The van der Waals surface area contributed by atoms with E-state index in [1.165, 1.54) is 154 Å². The quantitative estimate of drug-likeness (QED) is 0.0253. The van der Waals surface area contributed by atoms with E-state index >= 15 is 0 Å².